The lowest BCUT2D eigenvalue weighted by Gasteiger charge is -2.33. The second kappa shape index (κ2) is 9.19. The van der Waals surface area contributed by atoms with E-state index in [9.17, 15) is 4.79 Å². The molecule has 0 aliphatic carbocycles. The van der Waals surface area contributed by atoms with Crippen molar-refractivity contribution in [2.45, 2.75) is 31.8 Å². The standard InChI is InChI=1S/C21H25BrN2O2/c1-26-20-3-2-14-24(15-20)19-11-9-18(10-12-19)23-21(25)13-6-16-4-7-17(22)8-5-16/h4-5,7-12,20H,2-3,6,13-15H2,1H3,(H,23,25)/t20-/m0/s1. The molecule has 1 amide bonds. The van der Waals surface area contributed by atoms with Gasteiger partial charge in [-0.2, -0.15) is 0 Å². The predicted molar refractivity (Wildman–Crippen MR) is 110 cm³/mol. The highest BCUT2D eigenvalue weighted by Crippen LogP contribution is 2.23. The molecule has 0 unspecified atom stereocenters. The summed E-state index contributed by atoms with van der Waals surface area (Å²) in [5.74, 6) is 0.0399. The molecular formula is C21H25BrN2O2. The van der Waals surface area contributed by atoms with Gasteiger partial charge in [-0.15, -0.1) is 0 Å². The van der Waals surface area contributed by atoms with Crippen LogP contribution in [-0.2, 0) is 16.0 Å². The number of carbonyl (C=O) groups is 1. The highest BCUT2D eigenvalue weighted by atomic mass is 79.9. The predicted octanol–water partition coefficient (Wildman–Crippen LogP) is 4.64. The molecule has 1 heterocycles. The summed E-state index contributed by atoms with van der Waals surface area (Å²) in [6, 6.07) is 16.2. The van der Waals surface area contributed by atoms with Crippen LogP contribution in [0.5, 0.6) is 0 Å². The second-order valence-corrected chi connectivity index (χ2v) is 7.58. The third kappa shape index (κ3) is 5.32. The van der Waals surface area contributed by atoms with E-state index in [2.05, 4.69) is 38.3 Å². The number of carbonyl (C=O) groups excluding carboxylic acids is 1. The zero-order valence-corrected chi connectivity index (χ0v) is 16.7. The highest BCUT2D eigenvalue weighted by molar-refractivity contribution is 9.10. The number of hydrogen-bond donors (Lipinski definition) is 1. The summed E-state index contributed by atoms with van der Waals surface area (Å²) >= 11 is 3.42. The Morgan fingerprint density at radius 1 is 1.19 bits per heavy atom. The summed E-state index contributed by atoms with van der Waals surface area (Å²) in [7, 11) is 1.78. The van der Waals surface area contributed by atoms with Gasteiger partial charge in [0, 0.05) is 42.5 Å². The number of ether oxygens (including phenoxy) is 1. The number of rotatable bonds is 6. The lowest BCUT2D eigenvalue weighted by atomic mass is 10.1. The van der Waals surface area contributed by atoms with E-state index in [-0.39, 0.29) is 5.91 Å². The van der Waals surface area contributed by atoms with Gasteiger partial charge in [-0.3, -0.25) is 4.79 Å². The molecule has 0 bridgehead atoms. The number of halogens is 1. The minimum absolute atomic E-state index is 0.0399. The van der Waals surface area contributed by atoms with E-state index in [4.69, 9.17) is 4.74 Å². The van der Waals surface area contributed by atoms with Crippen molar-refractivity contribution in [3.63, 3.8) is 0 Å². The monoisotopic (exact) mass is 416 g/mol. The number of amides is 1. The van der Waals surface area contributed by atoms with Crippen molar-refractivity contribution in [1.82, 2.24) is 0 Å². The van der Waals surface area contributed by atoms with Gasteiger partial charge < -0.3 is 15.0 Å². The maximum absolute atomic E-state index is 12.2. The Morgan fingerprint density at radius 2 is 1.92 bits per heavy atom. The third-order valence-electron chi connectivity index (χ3n) is 4.78. The van der Waals surface area contributed by atoms with E-state index < -0.39 is 0 Å². The van der Waals surface area contributed by atoms with Crippen LogP contribution < -0.4 is 10.2 Å². The highest BCUT2D eigenvalue weighted by Gasteiger charge is 2.19. The first kappa shape index (κ1) is 18.9. The molecule has 0 spiro atoms. The molecule has 4 nitrogen and oxygen atoms in total. The summed E-state index contributed by atoms with van der Waals surface area (Å²) in [5, 5.41) is 2.98. The summed E-state index contributed by atoms with van der Waals surface area (Å²) in [6.45, 7) is 1.98. The number of methoxy groups -OCH3 is 1. The molecule has 138 valence electrons. The first-order valence-electron chi connectivity index (χ1n) is 9.06. The largest absolute Gasteiger partial charge is 0.380 e. The number of nitrogens with zero attached hydrogens (tertiary/aromatic N) is 1. The van der Waals surface area contributed by atoms with Crippen molar-refractivity contribution in [3.8, 4) is 0 Å². The van der Waals surface area contributed by atoms with Crippen LogP contribution in [0.2, 0.25) is 0 Å². The fourth-order valence-corrected chi connectivity index (χ4v) is 3.52. The molecule has 1 atom stereocenters. The third-order valence-corrected chi connectivity index (χ3v) is 5.31. The molecule has 1 saturated heterocycles. The van der Waals surface area contributed by atoms with Crippen LogP contribution in [0.25, 0.3) is 0 Å². The summed E-state index contributed by atoms with van der Waals surface area (Å²) in [5.41, 5.74) is 3.19. The van der Waals surface area contributed by atoms with Crippen LogP contribution in [0.3, 0.4) is 0 Å². The van der Waals surface area contributed by atoms with Crippen molar-refractivity contribution < 1.29 is 9.53 Å². The van der Waals surface area contributed by atoms with Gasteiger partial charge in [0.2, 0.25) is 5.91 Å². The number of benzene rings is 2. The van der Waals surface area contributed by atoms with Crippen molar-refractivity contribution in [2.24, 2.45) is 0 Å². The van der Waals surface area contributed by atoms with E-state index in [0.717, 1.165) is 48.1 Å². The summed E-state index contributed by atoms with van der Waals surface area (Å²) in [6.07, 6.45) is 3.79. The van der Waals surface area contributed by atoms with E-state index in [1.807, 2.05) is 36.4 Å². The van der Waals surface area contributed by atoms with Gasteiger partial charge in [0.1, 0.15) is 0 Å². The second-order valence-electron chi connectivity index (χ2n) is 6.67. The molecule has 1 aliphatic rings. The minimum Gasteiger partial charge on any atom is -0.380 e. The van der Waals surface area contributed by atoms with Crippen molar-refractivity contribution in [3.05, 3.63) is 58.6 Å². The smallest absolute Gasteiger partial charge is 0.224 e. The van der Waals surface area contributed by atoms with E-state index in [1.54, 1.807) is 7.11 Å². The Morgan fingerprint density at radius 3 is 2.62 bits per heavy atom. The van der Waals surface area contributed by atoms with Crippen molar-refractivity contribution >= 4 is 33.2 Å². The fourth-order valence-electron chi connectivity index (χ4n) is 3.25. The molecule has 2 aromatic rings. The zero-order valence-electron chi connectivity index (χ0n) is 15.1. The van der Waals surface area contributed by atoms with Gasteiger partial charge in [-0.05, 0) is 61.2 Å². The zero-order chi connectivity index (χ0) is 18.4. The molecule has 3 rings (SSSR count). The average Bonchev–Trinajstić information content (AvgIpc) is 2.68. The van der Waals surface area contributed by atoms with Crippen molar-refractivity contribution in [1.29, 1.82) is 0 Å². The molecular weight excluding hydrogens is 392 g/mol. The first-order valence-corrected chi connectivity index (χ1v) is 9.85. The number of nitrogens with one attached hydrogen (secondary N) is 1. The number of anilines is 2. The molecule has 0 aromatic heterocycles. The Kier molecular flexibility index (Phi) is 6.69. The maximum Gasteiger partial charge on any atom is 0.224 e. The van der Waals surface area contributed by atoms with Crippen molar-refractivity contribution in [2.75, 3.05) is 30.4 Å². The van der Waals surface area contributed by atoms with Crippen LogP contribution in [0, 0.1) is 0 Å². The Balaban J connectivity index is 1.50. The van der Waals surface area contributed by atoms with E-state index in [0.29, 0.717) is 12.5 Å². The fraction of sp³-hybridized carbons (Fsp3) is 0.381. The molecule has 5 heteroatoms. The van der Waals surface area contributed by atoms with E-state index in [1.165, 1.54) is 5.69 Å². The van der Waals surface area contributed by atoms with Crippen LogP contribution in [0.4, 0.5) is 11.4 Å². The van der Waals surface area contributed by atoms with Gasteiger partial charge in [0.25, 0.3) is 0 Å². The van der Waals surface area contributed by atoms with Crippen LogP contribution >= 0.6 is 15.9 Å². The molecule has 0 radical (unpaired) electrons. The Labute approximate surface area is 163 Å². The normalized spacial score (nSPS) is 17.2. The number of hydrogen-bond acceptors (Lipinski definition) is 3. The lowest BCUT2D eigenvalue weighted by Crippen LogP contribution is -2.39. The lowest BCUT2D eigenvalue weighted by molar-refractivity contribution is -0.116. The SMILES string of the molecule is CO[C@H]1CCCN(c2ccc(NC(=O)CCc3ccc(Br)cc3)cc2)C1. The first-order chi connectivity index (χ1) is 12.6. The minimum atomic E-state index is 0.0399. The maximum atomic E-state index is 12.2. The molecule has 1 N–H and O–H groups in total. The number of piperidine rings is 1. The molecule has 26 heavy (non-hydrogen) atoms. The van der Waals surface area contributed by atoms with Gasteiger partial charge >= 0.3 is 0 Å². The summed E-state index contributed by atoms with van der Waals surface area (Å²) < 4.78 is 6.54. The van der Waals surface area contributed by atoms with Gasteiger partial charge in [0.15, 0.2) is 0 Å². The van der Waals surface area contributed by atoms with Gasteiger partial charge in [-0.25, -0.2) is 0 Å². The summed E-state index contributed by atoms with van der Waals surface area (Å²) in [4.78, 5) is 14.5. The van der Waals surface area contributed by atoms with Crippen LogP contribution in [0.15, 0.2) is 53.0 Å². The van der Waals surface area contributed by atoms with Crippen LogP contribution in [-0.4, -0.2) is 32.2 Å². The molecule has 1 fully saturated rings. The topological polar surface area (TPSA) is 41.6 Å². The molecule has 2 aromatic carbocycles. The molecule has 1 aliphatic heterocycles. The average molecular weight is 417 g/mol. The van der Waals surface area contributed by atoms with Crippen LogP contribution in [0.1, 0.15) is 24.8 Å². The number of aryl methyl sites for hydroxylation is 1. The Hall–Kier alpha value is -1.85. The quantitative estimate of drug-likeness (QED) is 0.745. The Bertz CT molecular complexity index is 716. The van der Waals surface area contributed by atoms with Gasteiger partial charge in [0.05, 0.1) is 6.10 Å². The van der Waals surface area contributed by atoms with Gasteiger partial charge in [-0.1, -0.05) is 28.1 Å². The molecule has 0 saturated carbocycles. The van der Waals surface area contributed by atoms with E-state index >= 15 is 0 Å².